The Kier molecular flexibility index (Phi) is 5.12. The van der Waals surface area contributed by atoms with Gasteiger partial charge in [-0.1, -0.05) is 42.0 Å². The smallest absolute Gasteiger partial charge is 0.238 e. The maximum atomic E-state index is 11.9. The van der Waals surface area contributed by atoms with Gasteiger partial charge in [0.2, 0.25) is 5.91 Å². The first kappa shape index (κ1) is 15.3. The summed E-state index contributed by atoms with van der Waals surface area (Å²) in [4.78, 5) is 11.9. The Balaban J connectivity index is 1.84. The van der Waals surface area contributed by atoms with Crippen LogP contribution in [0.25, 0.3) is 0 Å². The molecule has 21 heavy (non-hydrogen) atoms. The fraction of sp³-hybridized carbons (Fsp3) is 0.278. The summed E-state index contributed by atoms with van der Waals surface area (Å²) in [5.74, 6) is -0.0282. The van der Waals surface area contributed by atoms with Gasteiger partial charge in [0.15, 0.2) is 0 Å². The summed E-state index contributed by atoms with van der Waals surface area (Å²) < 4.78 is 0. The number of aryl methyl sites for hydroxylation is 2. The third kappa shape index (κ3) is 4.72. The lowest BCUT2D eigenvalue weighted by atomic mass is 10.1. The highest BCUT2D eigenvalue weighted by Gasteiger charge is 2.07. The first-order chi connectivity index (χ1) is 10.0. The molecule has 2 aromatic rings. The van der Waals surface area contributed by atoms with Gasteiger partial charge >= 0.3 is 0 Å². The normalized spacial score (nSPS) is 12.0. The van der Waals surface area contributed by atoms with Gasteiger partial charge < -0.3 is 10.6 Å². The molecule has 1 amide bonds. The van der Waals surface area contributed by atoms with Crippen LogP contribution in [0.4, 0.5) is 5.69 Å². The summed E-state index contributed by atoms with van der Waals surface area (Å²) in [5, 5.41) is 6.14. The van der Waals surface area contributed by atoms with Crippen molar-refractivity contribution < 1.29 is 4.79 Å². The van der Waals surface area contributed by atoms with Crippen molar-refractivity contribution in [3.63, 3.8) is 0 Å². The van der Waals surface area contributed by atoms with Gasteiger partial charge in [-0.25, -0.2) is 0 Å². The van der Waals surface area contributed by atoms with Gasteiger partial charge in [-0.15, -0.1) is 0 Å². The summed E-state index contributed by atoms with van der Waals surface area (Å²) in [6, 6.07) is 16.3. The Hall–Kier alpha value is -2.13. The Labute approximate surface area is 126 Å². The molecule has 0 radical (unpaired) electrons. The Bertz CT molecular complexity index is 605. The van der Waals surface area contributed by atoms with Crippen molar-refractivity contribution in [1.82, 2.24) is 5.32 Å². The number of nitrogens with one attached hydrogen (secondary N) is 2. The summed E-state index contributed by atoms with van der Waals surface area (Å²) in [6.45, 7) is 6.43. The molecule has 0 spiro atoms. The van der Waals surface area contributed by atoms with E-state index in [-0.39, 0.29) is 11.9 Å². The zero-order valence-electron chi connectivity index (χ0n) is 12.8. The van der Waals surface area contributed by atoms with Gasteiger partial charge in [-0.2, -0.15) is 0 Å². The molecule has 0 saturated carbocycles. The molecule has 0 heterocycles. The number of carbonyl (C=O) groups excluding carboxylic acids is 1. The van der Waals surface area contributed by atoms with Gasteiger partial charge in [-0.3, -0.25) is 4.79 Å². The monoisotopic (exact) mass is 282 g/mol. The lowest BCUT2D eigenvalue weighted by Gasteiger charge is -2.14. The van der Waals surface area contributed by atoms with E-state index in [1.165, 1.54) is 11.1 Å². The maximum absolute atomic E-state index is 11.9. The summed E-state index contributed by atoms with van der Waals surface area (Å²) >= 11 is 0. The van der Waals surface area contributed by atoms with Crippen LogP contribution in [0.15, 0.2) is 48.5 Å². The minimum absolute atomic E-state index is 0.0282. The minimum atomic E-state index is -0.0282. The number of carbonyl (C=O) groups is 1. The molecule has 0 unspecified atom stereocenters. The van der Waals surface area contributed by atoms with Gasteiger partial charge in [0, 0.05) is 11.7 Å². The Morgan fingerprint density at radius 1 is 1.05 bits per heavy atom. The second kappa shape index (κ2) is 7.04. The highest BCUT2D eigenvalue weighted by molar-refractivity contribution is 5.92. The van der Waals surface area contributed by atoms with Crippen molar-refractivity contribution in [1.29, 1.82) is 0 Å². The SMILES string of the molecule is Cc1ccc([C@H](C)NCC(=O)Nc2cccc(C)c2)cc1. The van der Waals surface area contributed by atoms with Crippen molar-refractivity contribution in [3.05, 3.63) is 65.2 Å². The zero-order valence-corrected chi connectivity index (χ0v) is 12.8. The van der Waals surface area contributed by atoms with E-state index in [4.69, 9.17) is 0 Å². The Morgan fingerprint density at radius 3 is 2.43 bits per heavy atom. The molecule has 3 nitrogen and oxygen atoms in total. The van der Waals surface area contributed by atoms with Crippen LogP contribution in [0.1, 0.15) is 29.7 Å². The lowest BCUT2D eigenvalue weighted by Crippen LogP contribution is -2.30. The molecule has 0 aromatic heterocycles. The standard InChI is InChI=1S/C18H22N2O/c1-13-7-9-16(10-8-13)15(3)19-12-18(21)20-17-6-4-5-14(2)11-17/h4-11,15,19H,12H2,1-3H3,(H,20,21)/t15-/m0/s1. The van der Waals surface area contributed by atoms with Crippen molar-refractivity contribution in [2.75, 3.05) is 11.9 Å². The molecular formula is C18H22N2O. The maximum Gasteiger partial charge on any atom is 0.238 e. The molecule has 110 valence electrons. The van der Waals surface area contributed by atoms with E-state index in [1.807, 2.05) is 31.2 Å². The van der Waals surface area contributed by atoms with Gasteiger partial charge in [0.25, 0.3) is 0 Å². The van der Waals surface area contributed by atoms with Crippen LogP contribution in [0.3, 0.4) is 0 Å². The second-order valence-electron chi connectivity index (χ2n) is 5.43. The number of hydrogen-bond donors (Lipinski definition) is 2. The molecule has 0 bridgehead atoms. The highest BCUT2D eigenvalue weighted by Crippen LogP contribution is 2.13. The highest BCUT2D eigenvalue weighted by atomic mass is 16.1. The Morgan fingerprint density at radius 2 is 1.76 bits per heavy atom. The molecule has 2 rings (SSSR count). The molecule has 3 heteroatoms. The van der Waals surface area contributed by atoms with Crippen LogP contribution in [-0.2, 0) is 4.79 Å². The quantitative estimate of drug-likeness (QED) is 0.880. The van der Waals surface area contributed by atoms with Crippen molar-refractivity contribution in [2.24, 2.45) is 0 Å². The van der Waals surface area contributed by atoms with E-state index < -0.39 is 0 Å². The number of anilines is 1. The van der Waals surface area contributed by atoms with E-state index in [1.54, 1.807) is 0 Å². The predicted octanol–water partition coefficient (Wildman–Crippen LogP) is 3.59. The van der Waals surface area contributed by atoms with Gasteiger partial charge in [-0.05, 0) is 44.0 Å². The van der Waals surface area contributed by atoms with Crippen LogP contribution in [0, 0.1) is 13.8 Å². The molecule has 0 aliphatic carbocycles. The fourth-order valence-corrected chi connectivity index (χ4v) is 2.15. The zero-order chi connectivity index (χ0) is 15.2. The van der Waals surface area contributed by atoms with Crippen LogP contribution in [0.5, 0.6) is 0 Å². The van der Waals surface area contributed by atoms with E-state index >= 15 is 0 Å². The van der Waals surface area contributed by atoms with Crippen LogP contribution < -0.4 is 10.6 Å². The molecule has 2 N–H and O–H groups in total. The summed E-state index contributed by atoms with van der Waals surface area (Å²) in [5.41, 5.74) is 4.39. The lowest BCUT2D eigenvalue weighted by molar-refractivity contribution is -0.115. The summed E-state index contributed by atoms with van der Waals surface area (Å²) in [7, 11) is 0. The molecule has 0 saturated heterocycles. The van der Waals surface area contributed by atoms with Crippen molar-refractivity contribution in [2.45, 2.75) is 26.8 Å². The van der Waals surface area contributed by atoms with Crippen LogP contribution >= 0.6 is 0 Å². The molecular weight excluding hydrogens is 260 g/mol. The molecule has 0 fully saturated rings. The van der Waals surface area contributed by atoms with Crippen LogP contribution in [-0.4, -0.2) is 12.5 Å². The third-order valence-electron chi connectivity index (χ3n) is 3.45. The van der Waals surface area contributed by atoms with E-state index in [9.17, 15) is 4.79 Å². The number of hydrogen-bond acceptors (Lipinski definition) is 2. The van der Waals surface area contributed by atoms with Gasteiger partial charge in [0.05, 0.1) is 6.54 Å². The van der Waals surface area contributed by atoms with Gasteiger partial charge in [0.1, 0.15) is 0 Å². The molecule has 0 aliphatic rings. The topological polar surface area (TPSA) is 41.1 Å². The molecule has 2 aromatic carbocycles. The number of amides is 1. The minimum Gasteiger partial charge on any atom is -0.325 e. The molecule has 1 atom stereocenters. The predicted molar refractivity (Wildman–Crippen MR) is 87.4 cm³/mol. The van der Waals surface area contributed by atoms with Crippen molar-refractivity contribution in [3.8, 4) is 0 Å². The first-order valence-electron chi connectivity index (χ1n) is 7.21. The second-order valence-corrected chi connectivity index (χ2v) is 5.43. The number of rotatable bonds is 5. The average Bonchev–Trinajstić information content (AvgIpc) is 2.45. The van der Waals surface area contributed by atoms with E-state index in [2.05, 4.69) is 48.7 Å². The van der Waals surface area contributed by atoms with E-state index in [0.717, 1.165) is 11.3 Å². The fourth-order valence-electron chi connectivity index (χ4n) is 2.15. The largest absolute Gasteiger partial charge is 0.325 e. The average molecular weight is 282 g/mol. The number of benzene rings is 2. The first-order valence-corrected chi connectivity index (χ1v) is 7.21. The van der Waals surface area contributed by atoms with Crippen LogP contribution in [0.2, 0.25) is 0 Å². The summed E-state index contributed by atoms with van der Waals surface area (Å²) in [6.07, 6.45) is 0. The molecule has 0 aliphatic heterocycles. The third-order valence-corrected chi connectivity index (χ3v) is 3.45. The van der Waals surface area contributed by atoms with Crippen molar-refractivity contribution >= 4 is 11.6 Å². The van der Waals surface area contributed by atoms with E-state index in [0.29, 0.717) is 6.54 Å².